The molecule has 14 heavy (non-hydrogen) atoms. The Morgan fingerprint density at radius 2 is 2.07 bits per heavy atom. The monoisotopic (exact) mass is 203 g/mol. The van der Waals surface area contributed by atoms with Crippen molar-refractivity contribution in [2.24, 2.45) is 0 Å². The molecular weight excluding hydrogens is 196 g/mol. The zero-order chi connectivity index (χ0) is 9.80. The van der Waals surface area contributed by atoms with Crippen LogP contribution in [0.1, 0.15) is 9.67 Å². The van der Waals surface area contributed by atoms with Gasteiger partial charge >= 0.3 is 5.97 Å². The lowest BCUT2D eigenvalue weighted by Crippen LogP contribution is -2.05. The van der Waals surface area contributed by atoms with Crippen LogP contribution >= 0.6 is 11.3 Å². The molecule has 0 saturated heterocycles. The molecule has 0 aliphatic rings. The summed E-state index contributed by atoms with van der Waals surface area (Å²) in [5.41, 5.74) is 0. The molecule has 0 aliphatic carbocycles. The number of carbonyl (C=O) groups excluding carboxylic acids is 1. The molecule has 0 amide bonds. The number of hydrogen-bond donors (Lipinski definition) is 0. The van der Waals surface area contributed by atoms with Crippen molar-refractivity contribution < 1.29 is 9.53 Å². The Morgan fingerprint density at radius 3 is 2.71 bits per heavy atom. The van der Waals surface area contributed by atoms with Crippen molar-refractivity contribution in [3.8, 4) is 5.75 Å². The van der Waals surface area contributed by atoms with Crippen LogP contribution in [0.2, 0.25) is 0 Å². The number of esters is 1. The summed E-state index contributed by atoms with van der Waals surface area (Å²) in [5.74, 6) is 0.200. The molecule has 1 heterocycles. The van der Waals surface area contributed by atoms with Gasteiger partial charge in [0, 0.05) is 6.07 Å². The Hall–Kier alpha value is -1.61. The van der Waals surface area contributed by atoms with Gasteiger partial charge in [-0.3, -0.25) is 0 Å². The van der Waals surface area contributed by atoms with Crippen molar-refractivity contribution in [3.05, 3.63) is 52.7 Å². The predicted molar refractivity (Wildman–Crippen MR) is 54.6 cm³/mol. The van der Waals surface area contributed by atoms with Gasteiger partial charge in [0.1, 0.15) is 10.6 Å². The Bertz CT molecular complexity index is 406. The van der Waals surface area contributed by atoms with E-state index in [1.807, 2.05) is 18.2 Å². The highest BCUT2D eigenvalue weighted by atomic mass is 32.1. The minimum Gasteiger partial charge on any atom is -0.422 e. The molecule has 1 aromatic heterocycles. The summed E-state index contributed by atoms with van der Waals surface area (Å²) in [6.07, 6.45) is 0. The summed E-state index contributed by atoms with van der Waals surface area (Å²) < 4.78 is 5.10. The number of hydrogen-bond acceptors (Lipinski definition) is 3. The molecule has 0 saturated carbocycles. The van der Waals surface area contributed by atoms with Gasteiger partial charge < -0.3 is 4.74 Å². The highest BCUT2D eigenvalue weighted by Gasteiger charge is 2.08. The lowest BCUT2D eigenvalue weighted by Gasteiger charge is -2.00. The van der Waals surface area contributed by atoms with Crippen LogP contribution in [0.5, 0.6) is 5.75 Å². The van der Waals surface area contributed by atoms with Crippen molar-refractivity contribution >= 4 is 17.3 Å². The summed E-state index contributed by atoms with van der Waals surface area (Å²) in [4.78, 5) is 11.9. The molecule has 0 fully saturated rings. The van der Waals surface area contributed by atoms with Crippen LogP contribution < -0.4 is 4.74 Å². The molecule has 1 radical (unpaired) electrons. The molecular formula is C11H7O2S. The van der Waals surface area contributed by atoms with Crippen LogP contribution in [0.4, 0.5) is 0 Å². The third-order valence-electron chi connectivity index (χ3n) is 1.61. The van der Waals surface area contributed by atoms with E-state index in [1.165, 1.54) is 11.3 Å². The number of para-hydroxylation sites is 1. The van der Waals surface area contributed by atoms with Gasteiger partial charge in [0.15, 0.2) is 0 Å². The van der Waals surface area contributed by atoms with Gasteiger partial charge in [-0.2, -0.15) is 0 Å². The molecule has 0 aliphatic heterocycles. The van der Waals surface area contributed by atoms with Crippen molar-refractivity contribution in [2.45, 2.75) is 0 Å². The second kappa shape index (κ2) is 4.07. The predicted octanol–water partition coefficient (Wildman–Crippen LogP) is 2.77. The average Bonchev–Trinajstić information content (AvgIpc) is 2.72. The third kappa shape index (κ3) is 2.00. The summed E-state index contributed by atoms with van der Waals surface area (Å²) >= 11 is 1.32. The summed E-state index contributed by atoms with van der Waals surface area (Å²) in [5, 5.41) is 1.79. The molecule has 0 atom stereocenters. The van der Waals surface area contributed by atoms with E-state index in [0.29, 0.717) is 10.6 Å². The Kier molecular flexibility index (Phi) is 2.60. The van der Waals surface area contributed by atoms with Crippen molar-refractivity contribution in [3.63, 3.8) is 0 Å². The number of rotatable bonds is 2. The molecule has 2 rings (SSSR count). The van der Waals surface area contributed by atoms with Crippen LogP contribution in [0, 0.1) is 6.07 Å². The molecule has 0 N–H and O–H groups in total. The van der Waals surface area contributed by atoms with E-state index in [0.717, 1.165) is 0 Å². The van der Waals surface area contributed by atoms with Gasteiger partial charge in [0.05, 0.1) is 0 Å². The number of thiophene rings is 1. The Balaban J connectivity index is 2.10. The first-order valence-corrected chi connectivity index (χ1v) is 4.96. The van der Waals surface area contributed by atoms with E-state index < -0.39 is 0 Å². The molecule has 0 unspecified atom stereocenters. The van der Waals surface area contributed by atoms with E-state index >= 15 is 0 Å². The standard InChI is InChI=1S/C11H7O2S/c12-11(10-7-4-8-14-10)13-9-5-2-1-3-6-9/h1-6,8H. The van der Waals surface area contributed by atoms with Crippen LogP contribution in [-0.2, 0) is 0 Å². The second-order valence-corrected chi connectivity index (χ2v) is 3.51. The Labute approximate surface area is 85.8 Å². The largest absolute Gasteiger partial charge is 0.422 e. The Morgan fingerprint density at radius 1 is 1.29 bits per heavy atom. The second-order valence-electron chi connectivity index (χ2n) is 2.60. The maximum atomic E-state index is 11.4. The topological polar surface area (TPSA) is 26.3 Å². The van der Waals surface area contributed by atoms with Gasteiger partial charge in [-0.1, -0.05) is 18.2 Å². The first-order chi connectivity index (χ1) is 6.86. The zero-order valence-electron chi connectivity index (χ0n) is 7.27. The molecule has 2 nitrogen and oxygen atoms in total. The van der Waals surface area contributed by atoms with Crippen molar-refractivity contribution in [1.29, 1.82) is 0 Å². The average molecular weight is 203 g/mol. The molecule has 1 aromatic carbocycles. The lowest BCUT2D eigenvalue weighted by atomic mass is 10.3. The first-order valence-electron chi connectivity index (χ1n) is 4.08. The smallest absolute Gasteiger partial charge is 0.354 e. The van der Waals surface area contributed by atoms with Gasteiger partial charge in [-0.25, -0.2) is 4.79 Å². The van der Waals surface area contributed by atoms with Crippen LogP contribution in [0.15, 0.2) is 41.8 Å². The minimum absolute atomic E-state index is 0.355. The number of benzene rings is 1. The van der Waals surface area contributed by atoms with Crippen LogP contribution in [-0.4, -0.2) is 5.97 Å². The highest BCUT2D eigenvalue weighted by Crippen LogP contribution is 2.14. The van der Waals surface area contributed by atoms with Crippen LogP contribution in [0.3, 0.4) is 0 Å². The maximum Gasteiger partial charge on any atom is 0.354 e. The van der Waals surface area contributed by atoms with E-state index in [9.17, 15) is 4.79 Å². The SMILES string of the molecule is O=C(Oc1ccccc1)c1[c]ccs1. The molecule has 69 valence electrons. The maximum absolute atomic E-state index is 11.4. The van der Waals surface area contributed by atoms with E-state index in [4.69, 9.17) is 4.74 Å². The fourth-order valence-corrected chi connectivity index (χ4v) is 1.54. The first kappa shape index (κ1) is 8.97. The fourth-order valence-electron chi connectivity index (χ4n) is 0.995. The molecule has 0 spiro atoms. The third-order valence-corrected chi connectivity index (χ3v) is 2.40. The van der Waals surface area contributed by atoms with Gasteiger partial charge in [0.25, 0.3) is 0 Å². The summed E-state index contributed by atoms with van der Waals surface area (Å²) in [6, 6.07) is 13.5. The van der Waals surface area contributed by atoms with Gasteiger partial charge in [-0.05, 0) is 23.6 Å². The van der Waals surface area contributed by atoms with E-state index in [2.05, 4.69) is 6.07 Å². The summed E-state index contributed by atoms with van der Waals surface area (Å²) in [6.45, 7) is 0. The zero-order valence-corrected chi connectivity index (χ0v) is 8.08. The highest BCUT2D eigenvalue weighted by molar-refractivity contribution is 7.11. The number of carbonyl (C=O) groups is 1. The van der Waals surface area contributed by atoms with E-state index in [1.54, 1.807) is 23.6 Å². The number of ether oxygens (including phenoxy) is 1. The van der Waals surface area contributed by atoms with Crippen LogP contribution in [0.25, 0.3) is 0 Å². The normalized spacial score (nSPS) is 9.71. The molecule has 0 bridgehead atoms. The quantitative estimate of drug-likeness (QED) is 0.554. The van der Waals surface area contributed by atoms with Crippen molar-refractivity contribution in [2.75, 3.05) is 0 Å². The molecule has 3 heteroatoms. The van der Waals surface area contributed by atoms with Gasteiger partial charge in [-0.15, -0.1) is 11.3 Å². The lowest BCUT2D eigenvalue weighted by molar-refractivity contribution is 0.0739. The van der Waals surface area contributed by atoms with Crippen molar-refractivity contribution in [1.82, 2.24) is 0 Å². The molecule has 2 aromatic rings. The minimum atomic E-state index is -0.355. The van der Waals surface area contributed by atoms with Gasteiger partial charge in [0.2, 0.25) is 0 Å². The summed E-state index contributed by atoms with van der Waals surface area (Å²) in [7, 11) is 0. The van der Waals surface area contributed by atoms with E-state index in [-0.39, 0.29) is 5.97 Å². The fraction of sp³-hybridized carbons (Fsp3) is 0.